The average molecular weight is 284 g/mol. The molecule has 0 N–H and O–H groups in total. The van der Waals surface area contributed by atoms with E-state index in [4.69, 9.17) is 0 Å². The summed E-state index contributed by atoms with van der Waals surface area (Å²) < 4.78 is 14.1. The Morgan fingerprint density at radius 2 is 1.76 bits per heavy atom. The number of benzene rings is 2. The maximum Gasteiger partial charge on any atom is 0.159 e. The Bertz CT molecular complexity index is 614. The van der Waals surface area contributed by atoms with Crippen LogP contribution in [0.15, 0.2) is 42.5 Å². The molecule has 0 heterocycles. The van der Waals surface area contributed by atoms with Crippen molar-refractivity contribution in [2.24, 2.45) is 0 Å². The lowest BCUT2D eigenvalue weighted by molar-refractivity contribution is 0.101. The molecule has 0 aliphatic heterocycles. The molecule has 0 saturated carbocycles. The number of hydrogen-bond acceptors (Lipinski definition) is 1. The second-order valence-corrected chi connectivity index (χ2v) is 5.40. The van der Waals surface area contributed by atoms with E-state index in [1.165, 1.54) is 37.8 Å². The maximum absolute atomic E-state index is 14.1. The SMILES string of the molecule is CCCCCc1ccc(-c2ccc(C(C)=O)cc2F)cc1. The van der Waals surface area contributed by atoms with Crippen LogP contribution in [-0.4, -0.2) is 5.78 Å². The topological polar surface area (TPSA) is 17.1 Å². The van der Waals surface area contributed by atoms with Gasteiger partial charge < -0.3 is 0 Å². The van der Waals surface area contributed by atoms with Crippen LogP contribution in [0.1, 0.15) is 49.0 Å². The van der Waals surface area contributed by atoms with Crippen LogP contribution in [0.5, 0.6) is 0 Å². The molecule has 0 aliphatic carbocycles. The smallest absolute Gasteiger partial charge is 0.159 e. The Labute approximate surface area is 125 Å². The van der Waals surface area contributed by atoms with Crippen molar-refractivity contribution in [3.8, 4) is 11.1 Å². The lowest BCUT2D eigenvalue weighted by Crippen LogP contribution is -1.94. The Morgan fingerprint density at radius 1 is 1.05 bits per heavy atom. The summed E-state index contributed by atoms with van der Waals surface area (Å²) in [6, 6.07) is 12.7. The second kappa shape index (κ2) is 7.16. The average Bonchev–Trinajstić information content (AvgIpc) is 2.48. The van der Waals surface area contributed by atoms with Gasteiger partial charge in [-0.05, 0) is 37.0 Å². The van der Waals surface area contributed by atoms with Crippen molar-refractivity contribution < 1.29 is 9.18 Å². The van der Waals surface area contributed by atoms with E-state index >= 15 is 0 Å². The van der Waals surface area contributed by atoms with Gasteiger partial charge in [-0.2, -0.15) is 0 Å². The van der Waals surface area contributed by atoms with E-state index in [-0.39, 0.29) is 11.6 Å². The molecule has 2 aromatic rings. The molecule has 2 heteroatoms. The van der Waals surface area contributed by atoms with Crippen molar-refractivity contribution in [3.05, 3.63) is 59.4 Å². The molecule has 1 nitrogen and oxygen atoms in total. The molecule has 0 radical (unpaired) electrons. The number of unbranched alkanes of at least 4 members (excludes halogenated alkanes) is 2. The Morgan fingerprint density at radius 3 is 2.33 bits per heavy atom. The van der Waals surface area contributed by atoms with E-state index < -0.39 is 0 Å². The van der Waals surface area contributed by atoms with Crippen molar-refractivity contribution in [1.82, 2.24) is 0 Å². The molecule has 0 aromatic heterocycles. The Kier molecular flexibility index (Phi) is 5.26. The molecule has 0 bridgehead atoms. The number of ketones is 1. The van der Waals surface area contributed by atoms with Gasteiger partial charge in [-0.25, -0.2) is 4.39 Å². The highest BCUT2D eigenvalue weighted by Gasteiger charge is 2.08. The van der Waals surface area contributed by atoms with Crippen LogP contribution in [0.3, 0.4) is 0 Å². The summed E-state index contributed by atoms with van der Waals surface area (Å²) >= 11 is 0. The van der Waals surface area contributed by atoms with Gasteiger partial charge in [0.15, 0.2) is 5.78 Å². The van der Waals surface area contributed by atoms with Crippen LogP contribution < -0.4 is 0 Å². The standard InChI is InChI=1S/C19H21FO/c1-3-4-5-6-15-7-9-16(10-8-15)18-12-11-17(14(2)21)13-19(18)20/h7-13H,3-6H2,1-2H3. The lowest BCUT2D eigenvalue weighted by Gasteiger charge is -2.07. The van der Waals surface area contributed by atoms with Crippen LogP contribution in [-0.2, 0) is 6.42 Å². The highest BCUT2D eigenvalue weighted by atomic mass is 19.1. The van der Waals surface area contributed by atoms with Crippen molar-refractivity contribution in [1.29, 1.82) is 0 Å². The highest BCUT2D eigenvalue weighted by Crippen LogP contribution is 2.24. The number of aryl methyl sites for hydroxylation is 1. The van der Waals surface area contributed by atoms with Crippen LogP contribution in [0.25, 0.3) is 11.1 Å². The first-order chi connectivity index (χ1) is 10.1. The summed E-state index contributed by atoms with van der Waals surface area (Å²) in [6.07, 6.45) is 4.71. The van der Waals surface area contributed by atoms with Crippen molar-refractivity contribution >= 4 is 5.78 Å². The van der Waals surface area contributed by atoms with Gasteiger partial charge in [0.2, 0.25) is 0 Å². The Balaban J connectivity index is 2.17. The third-order valence-corrected chi connectivity index (χ3v) is 3.71. The van der Waals surface area contributed by atoms with Crippen LogP contribution in [0.4, 0.5) is 4.39 Å². The fourth-order valence-corrected chi connectivity index (χ4v) is 2.40. The van der Waals surface area contributed by atoms with Gasteiger partial charge in [0, 0.05) is 11.1 Å². The zero-order chi connectivity index (χ0) is 15.2. The first-order valence-corrected chi connectivity index (χ1v) is 7.51. The zero-order valence-electron chi connectivity index (χ0n) is 12.7. The molecule has 0 spiro atoms. The molecule has 2 rings (SSSR count). The minimum absolute atomic E-state index is 0.119. The van der Waals surface area contributed by atoms with Gasteiger partial charge in [0.25, 0.3) is 0 Å². The number of hydrogen-bond donors (Lipinski definition) is 0. The predicted octanol–water partition coefficient (Wildman–Crippen LogP) is 5.43. The fourth-order valence-electron chi connectivity index (χ4n) is 2.40. The quantitative estimate of drug-likeness (QED) is 0.510. The van der Waals surface area contributed by atoms with Crippen molar-refractivity contribution in [2.45, 2.75) is 39.5 Å². The molecule has 0 amide bonds. The summed E-state index contributed by atoms with van der Waals surface area (Å²) in [4.78, 5) is 11.2. The van der Waals surface area contributed by atoms with Crippen LogP contribution >= 0.6 is 0 Å². The van der Waals surface area contributed by atoms with E-state index in [1.54, 1.807) is 12.1 Å². The second-order valence-electron chi connectivity index (χ2n) is 5.40. The lowest BCUT2D eigenvalue weighted by atomic mass is 9.99. The predicted molar refractivity (Wildman–Crippen MR) is 85.1 cm³/mol. The van der Waals surface area contributed by atoms with Gasteiger partial charge in [-0.3, -0.25) is 4.79 Å². The first kappa shape index (κ1) is 15.4. The zero-order valence-corrected chi connectivity index (χ0v) is 12.7. The maximum atomic E-state index is 14.1. The summed E-state index contributed by atoms with van der Waals surface area (Å²) in [5.74, 6) is -0.465. The molecule has 0 unspecified atom stereocenters. The molecular formula is C19H21FO. The first-order valence-electron chi connectivity index (χ1n) is 7.51. The third kappa shape index (κ3) is 4.01. The number of Topliss-reactive ketones (excluding diaryl/α,β-unsaturated/α-hetero) is 1. The normalized spacial score (nSPS) is 10.6. The van der Waals surface area contributed by atoms with E-state index in [1.807, 2.05) is 12.1 Å². The van der Waals surface area contributed by atoms with Crippen LogP contribution in [0.2, 0.25) is 0 Å². The molecule has 0 saturated heterocycles. The van der Waals surface area contributed by atoms with Gasteiger partial charge in [-0.1, -0.05) is 56.2 Å². The number of halogens is 1. The fraction of sp³-hybridized carbons (Fsp3) is 0.316. The monoisotopic (exact) mass is 284 g/mol. The molecule has 0 fully saturated rings. The van der Waals surface area contributed by atoms with E-state index in [0.717, 1.165) is 12.0 Å². The highest BCUT2D eigenvalue weighted by molar-refractivity contribution is 5.94. The molecule has 0 atom stereocenters. The number of rotatable bonds is 6. The summed E-state index contributed by atoms with van der Waals surface area (Å²) in [5.41, 5.74) is 3.09. The van der Waals surface area contributed by atoms with E-state index in [9.17, 15) is 9.18 Å². The Hall–Kier alpha value is -1.96. The van der Waals surface area contributed by atoms with Crippen molar-refractivity contribution in [2.75, 3.05) is 0 Å². The summed E-state index contributed by atoms with van der Waals surface area (Å²) in [6.45, 7) is 3.64. The third-order valence-electron chi connectivity index (χ3n) is 3.71. The number of carbonyl (C=O) groups excluding carboxylic acids is 1. The van der Waals surface area contributed by atoms with E-state index in [0.29, 0.717) is 11.1 Å². The largest absolute Gasteiger partial charge is 0.295 e. The summed E-state index contributed by atoms with van der Waals surface area (Å²) in [5, 5.41) is 0. The van der Waals surface area contributed by atoms with Gasteiger partial charge in [-0.15, -0.1) is 0 Å². The van der Waals surface area contributed by atoms with Crippen LogP contribution in [0, 0.1) is 5.82 Å². The van der Waals surface area contributed by atoms with Gasteiger partial charge in [0.05, 0.1) is 0 Å². The minimum Gasteiger partial charge on any atom is -0.295 e. The van der Waals surface area contributed by atoms with E-state index in [2.05, 4.69) is 19.1 Å². The molecule has 2 aromatic carbocycles. The van der Waals surface area contributed by atoms with Gasteiger partial charge in [0.1, 0.15) is 5.82 Å². The number of carbonyl (C=O) groups is 1. The molecule has 21 heavy (non-hydrogen) atoms. The minimum atomic E-state index is -0.346. The summed E-state index contributed by atoms with van der Waals surface area (Å²) in [7, 11) is 0. The molecule has 110 valence electrons. The molecular weight excluding hydrogens is 263 g/mol. The molecule has 0 aliphatic rings. The van der Waals surface area contributed by atoms with Crippen molar-refractivity contribution in [3.63, 3.8) is 0 Å². The van der Waals surface area contributed by atoms with Gasteiger partial charge >= 0.3 is 0 Å².